The van der Waals surface area contributed by atoms with Crippen LogP contribution in [0.5, 0.6) is 0 Å². The zero-order chi connectivity index (χ0) is 23.5. The SMILES string of the molecule is N#Cc1nc(-c2ccco2)oc1N1CCN(C(=O)CSc2nc(-c3ccc(F)cc3)cs2)CC1. The van der Waals surface area contributed by atoms with Gasteiger partial charge in [0.15, 0.2) is 10.1 Å². The molecule has 11 heteroatoms. The van der Waals surface area contributed by atoms with Gasteiger partial charge < -0.3 is 18.6 Å². The quantitative estimate of drug-likeness (QED) is 0.360. The molecule has 1 fully saturated rings. The van der Waals surface area contributed by atoms with E-state index in [9.17, 15) is 14.4 Å². The summed E-state index contributed by atoms with van der Waals surface area (Å²) >= 11 is 2.85. The molecule has 0 aliphatic carbocycles. The monoisotopic (exact) mass is 495 g/mol. The van der Waals surface area contributed by atoms with E-state index >= 15 is 0 Å². The Balaban J connectivity index is 1.16. The molecule has 1 aliphatic heterocycles. The number of thioether (sulfide) groups is 1. The zero-order valence-electron chi connectivity index (χ0n) is 17.8. The fraction of sp³-hybridized carbons (Fsp3) is 0.217. The Kier molecular flexibility index (Phi) is 6.33. The van der Waals surface area contributed by atoms with Crippen molar-refractivity contribution >= 4 is 34.9 Å². The molecular formula is C23H18FN5O3S2. The Morgan fingerprint density at radius 3 is 2.68 bits per heavy atom. The minimum atomic E-state index is -0.288. The summed E-state index contributed by atoms with van der Waals surface area (Å²) < 4.78 is 25.0. The summed E-state index contributed by atoms with van der Waals surface area (Å²) in [6.07, 6.45) is 1.52. The third-order valence-corrected chi connectivity index (χ3v) is 7.31. The van der Waals surface area contributed by atoms with E-state index in [0.29, 0.717) is 37.8 Å². The molecule has 4 aromatic rings. The molecule has 172 valence electrons. The first kappa shape index (κ1) is 22.2. The molecule has 0 bridgehead atoms. The van der Waals surface area contributed by atoms with Crippen molar-refractivity contribution in [3.63, 3.8) is 0 Å². The Morgan fingerprint density at radius 2 is 1.97 bits per heavy atom. The smallest absolute Gasteiger partial charge is 0.266 e. The fourth-order valence-electron chi connectivity index (χ4n) is 3.56. The van der Waals surface area contributed by atoms with Gasteiger partial charge in [0.25, 0.3) is 5.89 Å². The summed E-state index contributed by atoms with van der Waals surface area (Å²) in [5.41, 5.74) is 1.80. The van der Waals surface area contributed by atoms with Gasteiger partial charge in [0.1, 0.15) is 11.9 Å². The average molecular weight is 496 g/mol. The van der Waals surface area contributed by atoms with Gasteiger partial charge in [0.2, 0.25) is 17.5 Å². The van der Waals surface area contributed by atoms with Gasteiger partial charge in [-0.1, -0.05) is 11.8 Å². The van der Waals surface area contributed by atoms with E-state index in [-0.39, 0.29) is 29.1 Å². The zero-order valence-corrected chi connectivity index (χ0v) is 19.4. The predicted octanol–water partition coefficient (Wildman–Crippen LogP) is 4.51. The minimum absolute atomic E-state index is 0.0255. The molecular weight excluding hydrogens is 477 g/mol. The van der Waals surface area contributed by atoms with Crippen LogP contribution in [0.1, 0.15) is 5.69 Å². The summed E-state index contributed by atoms with van der Waals surface area (Å²) in [5.74, 6) is 1.13. The molecule has 1 aliphatic rings. The molecule has 0 N–H and O–H groups in total. The van der Waals surface area contributed by atoms with Crippen molar-refractivity contribution in [3.8, 4) is 29.0 Å². The lowest BCUT2D eigenvalue weighted by atomic mass is 10.2. The Bertz CT molecular complexity index is 1320. The molecule has 4 heterocycles. The molecule has 0 saturated carbocycles. The normalized spacial score (nSPS) is 13.8. The summed E-state index contributed by atoms with van der Waals surface area (Å²) in [6, 6.07) is 11.7. The van der Waals surface area contributed by atoms with Crippen LogP contribution in [-0.2, 0) is 4.79 Å². The second kappa shape index (κ2) is 9.70. The van der Waals surface area contributed by atoms with Crippen LogP contribution in [0, 0.1) is 17.1 Å². The van der Waals surface area contributed by atoms with Crippen molar-refractivity contribution in [3.05, 3.63) is 59.6 Å². The van der Waals surface area contributed by atoms with Crippen LogP contribution in [0.25, 0.3) is 22.9 Å². The van der Waals surface area contributed by atoms with Gasteiger partial charge >= 0.3 is 0 Å². The van der Waals surface area contributed by atoms with Gasteiger partial charge in [-0.05, 0) is 36.4 Å². The molecule has 34 heavy (non-hydrogen) atoms. The first-order valence-electron chi connectivity index (χ1n) is 10.4. The van der Waals surface area contributed by atoms with Crippen LogP contribution in [0.4, 0.5) is 10.3 Å². The van der Waals surface area contributed by atoms with Crippen LogP contribution < -0.4 is 4.90 Å². The number of thiazole rings is 1. The first-order chi connectivity index (χ1) is 16.6. The second-order valence-electron chi connectivity index (χ2n) is 7.42. The van der Waals surface area contributed by atoms with Gasteiger partial charge in [-0.2, -0.15) is 10.2 Å². The number of carbonyl (C=O) groups is 1. The molecule has 0 radical (unpaired) electrons. The number of amides is 1. The van der Waals surface area contributed by atoms with E-state index in [1.54, 1.807) is 29.2 Å². The van der Waals surface area contributed by atoms with Crippen molar-refractivity contribution in [1.82, 2.24) is 14.9 Å². The van der Waals surface area contributed by atoms with E-state index in [1.165, 1.54) is 41.5 Å². The van der Waals surface area contributed by atoms with Crippen molar-refractivity contribution < 1.29 is 18.0 Å². The first-order valence-corrected chi connectivity index (χ1v) is 12.3. The topological polar surface area (TPSA) is 99.4 Å². The third-order valence-electron chi connectivity index (χ3n) is 5.31. The predicted molar refractivity (Wildman–Crippen MR) is 126 cm³/mol. The van der Waals surface area contributed by atoms with Gasteiger partial charge in [-0.15, -0.1) is 11.3 Å². The van der Waals surface area contributed by atoms with Crippen LogP contribution in [-0.4, -0.2) is 52.7 Å². The molecule has 1 saturated heterocycles. The number of benzene rings is 1. The van der Waals surface area contributed by atoms with Crippen LogP contribution in [0.3, 0.4) is 0 Å². The average Bonchev–Trinajstić information content (AvgIpc) is 3.63. The lowest BCUT2D eigenvalue weighted by Crippen LogP contribution is -2.49. The molecule has 1 aromatic carbocycles. The number of aromatic nitrogens is 2. The van der Waals surface area contributed by atoms with Crippen molar-refractivity contribution in [2.24, 2.45) is 0 Å². The van der Waals surface area contributed by atoms with Crippen LogP contribution >= 0.6 is 23.1 Å². The molecule has 0 unspecified atom stereocenters. The van der Waals surface area contributed by atoms with E-state index < -0.39 is 0 Å². The highest BCUT2D eigenvalue weighted by molar-refractivity contribution is 8.01. The van der Waals surface area contributed by atoms with E-state index in [4.69, 9.17) is 8.83 Å². The Labute approximate surface area is 202 Å². The summed E-state index contributed by atoms with van der Waals surface area (Å²) in [5, 5.41) is 11.3. The Hall–Kier alpha value is -3.62. The van der Waals surface area contributed by atoms with Gasteiger partial charge in [-0.25, -0.2) is 9.37 Å². The molecule has 1 amide bonds. The standard InChI is InChI=1S/C23H18FN5O3S2/c24-16-5-3-15(4-6-16)18-13-33-23(27-18)34-14-20(30)28-7-9-29(10-8-28)22-17(12-25)26-21(32-22)19-2-1-11-31-19/h1-6,11,13H,7-10,14H2. The van der Waals surface area contributed by atoms with E-state index in [0.717, 1.165) is 15.6 Å². The van der Waals surface area contributed by atoms with Crippen LogP contribution in [0.15, 0.2) is 61.2 Å². The number of nitrogens with zero attached hydrogens (tertiary/aromatic N) is 5. The molecule has 0 spiro atoms. The maximum atomic E-state index is 13.1. The number of oxazole rings is 1. The third kappa shape index (κ3) is 4.69. The Morgan fingerprint density at radius 1 is 1.18 bits per heavy atom. The molecule has 3 aromatic heterocycles. The number of carbonyl (C=O) groups excluding carboxylic acids is 1. The van der Waals surface area contributed by atoms with Gasteiger partial charge in [0, 0.05) is 37.1 Å². The number of nitriles is 1. The lowest BCUT2D eigenvalue weighted by molar-refractivity contribution is -0.128. The lowest BCUT2D eigenvalue weighted by Gasteiger charge is -2.34. The van der Waals surface area contributed by atoms with Gasteiger partial charge in [-0.3, -0.25) is 4.79 Å². The molecule has 8 nitrogen and oxygen atoms in total. The summed E-state index contributed by atoms with van der Waals surface area (Å²) in [4.78, 5) is 25.2. The molecule has 0 atom stereocenters. The van der Waals surface area contributed by atoms with E-state index in [2.05, 4.69) is 16.0 Å². The van der Waals surface area contributed by atoms with Crippen molar-refractivity contribution in [2.75, 3.05) is 36.8 Å². The number of hydrogen-bond donors (Lipinski definition) is 0. The van der Waals surface area contributed by atoms with Gasteiger partial charge in [0.05, 0.1) is 17.7 Å². The highest BCUT2D eigenvalue weighted by Crippen LogP contribution is 2.30. The minimum Gasteiger partial charge on any atom is -0.459 e. The highest BCUT2D eigenvalue weighted by atomic mass is 32.2. The van der Waals surface area contributed by atoms with Crippen molar-refractivity contribution in [1.29, 1.82) is 5.26 Å². The maximum Gasteiger partial charge on any atom is 0.266 e. The number of piperazine rings is 1. The highest BCUT2D eigenvalue weighted by Gasteiger charge is 2.27. The van der Waals surface area contributed by atoms with Crippen LogP contribution in [0.2, 0.25) is 0 Å². The number of furan rings is 1. The number of rotatable bonds is 6. The number of halogens is 1. The number of anilines is 1. The largest absolute Gasteiger partial charge is 0.459 e. The molecule has 5 rings (SSSR count). The fourth-order valence-corrected chi connectivity index (χ4v) is 5.29. The summed E-state index contributed by atoms with van der Waals surface area (Å²) in [6.45, 7) is 2.09. The van der Waals surface area contributed by atoms with E-state index in [1.807, 2.05) is 10.3 Å². The number of hydrogen-bond acceptors (Lipinski definition) is 9. The summed E-state index contributed by atoms with van der Waals surface area (Å²) in [7, 11) is 0. The maximum absolute atomic E-state index is 13.1. The van der Waals surface area contributed by atoms with Crippen molar-refractivity contribution in [2.45, 2.75) is 4.34 Å². The second-order valence-corrected chi connectivity index (χ2v) is 9.50.